The Morgan fingerprint density at radius 3 is 1.13 bits per heavy atom. The summed E-state index contributed by atoms with van der Waals surface area (Å²) in [7, 11) is 1.48. The molecule has 0 aliphatic carbocycles. The molecule has 0 atom stereocenters. The van der Waals surface area contributed by atoms with Gasteiger partial charge in [-0.1, -0.05) is 317 Å². The largest absolute Gasteiger partial charge is 0.455 e. The minimum atomic E-state index is -1.03. The Bertz CT molecular complexity index is 8840. The second-order valence-corrected chi connectivity index (χ2v) is 36.0. The Morgan fingerprint density at radius 2 is 0.683 bits per heavy atom. The Balaban J connectivity index is 0.000000109. The molecule has 9 aromatic heterocycles. The number of nitrogens with zero attached hydrogens (tertiary/aromatic N) is 8. The molecule has 26 rings (SSSR count). The molecule has 22 heteroatoms. The highest BCUT2D eigenvalue weighted by Crippen LogP contribution is 2.47. The number of pyridine rings is 2. The van der Waals surface area contributed by atoms with Gasteiger partial charge in [-0.2, -0.15) is 0 Å². The number of hydrogen-bond donors (Lipinski definition) is 2. The molecule has 1 aliphatic heterocycles. The van der Waals surface area contributed by atoms with Crippen LogP contribution in [0.4, 0.5) is 5.69 Å². The predicted molar refractivity (Wildman–Crippen MR) is 562 cm³/mol. The number of rotatable bonds is 12. The fourth-order valence-electron chi connectivity index (χ4n) is 16.8. The van der Waals surface area contributed by atoms with E-state index < -0.39 is 11.2 Å². The number of aldehydes is 1. The normalized spacial score (nSPS) is 11.8. The minimum Gasteiger partial charge on any atom is -0.455 e. The van der Waals surface area contributed by atoms with Crippen molar-refractivity contribution in [1.82, 2.24) is 39.9 Å². The van der Waals surface area contributed by atoms with E-state index in [1.165, 1.54) is 7.48 Å². The summed E-state index contributed by atoms with van der Waals surface area (Å²) in [6.07, 6.45) is 1.25. The molecule has 16 aromatic carbocycles. The Hall–Kier alpha value is -16.8. The van der Waals surface area contributed by atoms with Crippen LogP contribution in [0.15, 0.2) is 413 Å². The number of carbonyl (C=O) groups excluding carboxylic acids is 2. The quantitative estimate of drug-likeness (QED) is 0.0378. The van der Waals surface area contributed by atoms with Crippen molar-refractivity contribution in [3.63, 3.8) is 0 Å². The molecule has 25 aromatic rings. The smallest absolute Gasteiger partial charge is 0.379 e. The molecule has 671 valence electrons. The molecule has 139 heavy (non-hydrogen) atoms. The van der Waals surface area contributed by atoms with Gasteiger partial charge in [-0.3, -0.25) is 9.59 Å². The number of nitrogen functional groups attached to an aromatic ring is 1. The SMILES string of the molecule is Brc1cccc(-c2nc3c(ccc4c5ccccc5oc43)c3oc4ccccc4c23)c1.CC(C)(O)C(C)(C)O[B]c1nc(-c2ccccc2)nc(-c2ccccc2)n1.Nc1cccc2c1oc1ccccc12.O=C1Cc2ccccc2O1.O=Cc1cccc(Br)c1.c1ccc(-c2nc(-c3ccccc3)nc(-c3cccc(-c4nc5c(ccc6c7ccccc7oc65)c5oc6ccccc6c45)c3)n2)cc1. The van der Waals surface area contributed by atoms with Crippen LogP contribution in [0.5, 0.6) is 5.75 Å². The third-order valence-corrected chi connectivity index (χ3v) is 25.4. The molecule has 0 saturated heterocycles. The maximum Gasteiger partial charge on any atom is 0.379 e. The molecule has 0 fully saturated rings. The molecular weight excluding hydrogens is 1860 g/mol. The number of nitrogens with two attached hydrogens (primary N) is 1. The van der Waals surface area contributed by atoms with E-state index in [9.17, 15) is 14.7 Å². The van der Waals surface area contributed by atoms with Gasteiger partial charge in [0.1, 0.15) is 67.9 Å². The summed E-state index contributed by atoms with van der Waals surface area (Å²) in [5.41, 5.74) is 24.7. The van der Waals surface area contributed by atoms with Crippen molar-refractivity contribution in [2.24, 2.45) is 0 Å². The predicted octanol–water partition coefficient (Wildman–Crippen LogP) is 28.9. The summed E-state index contributed by atoms with van der Waals surface area (Å²) in [5, 5.41) is 22.6. The Morgan fingerprint density at radius 1 is 0.338 bits per heavy atom. The van der Waals surface area contributed by atoms with Crippen LogP contribution < -0.4 is 16.2 Å². The molecule has 1 radical (unpaired) electrons. The average molecular weight is 1940 g/mol. The summed E-state index contributed by atoms with van der Waals surface area (Å²) in [6, 6.07) is 125. The summed E-state index contributed by atoms with van der Waals surface area (Å²) in [6.45, 7) is 7.06. The van der Waals surface area contributed by atoms with Gasteiger partial charge < -0.3 is 42.3 Å². The van der Waals surface area contributed by atoms with Gasteiger partial charge >= 0.3 is 13.5 Å². The maximum absolute atomic E-state index is 10.7. The van der Waals surface area contributed by atoms with E-state index in [2.05, 4.69) is 120 Å². The van der Waals surface area contributed by atoms with Gasteiger partial charge in [0.15, 0.2) is 45.9 Å². The van der Waals surface area contributed by atoms with E-state index in [0.717, 1.165) is 203 Å². The van der Waals surface area contributed by atoms with Crippen LogP contribution in [-0.2, 0) is 15.9 Å². The zero-order chi connectivity index (χ0) is 94.8. The van der Waals surface area contributed by atoms with Gasteiger partial charge in [0.05, 0.1) is 45.5 Å². The van der Waals surface area contributed by atoms with Crippen molar-refractivity contribution in [2.75, 3.05) is 5.73 Å². The number of esters is 1. The zero-order valence-corrected chi connectivity index (χ0v) is 78.4. The Labute approximate surface area is 813 Å². The summed E-state index contributed by atoms with van der Waals surface area (Å²) in [4.78, 5) is 59.9. The van der Waals surface area contributed by atoms with Gasteiger partial charge in [-0.15, -0.1) is 0 Å². The topological polar surface area (TPSA) is 268 Å². The van der Waals surface area contributed by atoms with E-state index in [4.69, 9.17) is 62.1 Å². The van der Waals surface area contributed by atoms with Crippen molar-refractivity contribution >= 4 is 195 Å². The number of aromatic nitrogens is 8. The van der Waals surface area contributed by atoms with E-state index in [0.29, 0.717) is 58.3 Å². The van der Waals surface area contributed by atoms with Gasteiger partial charge in [-0.05, 0) is 125 Å². The fraction of sp³-hybridized carbons (Fsp3) is 0.0598. The molecule has 0 amide bonds. The van der Waals surface area contributed by atoms with Crippen LogP contribution in [-0.4, -0.2) is 75.9 Å². The van der Waals surface area contributed by atoms with Crippen LogP contribution in [0.25, 0.3) is 211 Å². The molecule has 0 bridgehead atoms. The fourth-order valence-corrected chi connectivity index (χ4v) is 17.7. The van der Waals surface area contributed by atoms with Crippen LogP contribution in [0.3, 0.4) is 0 Å². The van der Waals surface area contributed by atoms with Gasteiger partial charge in [-0.25, -0.2) is 39.9 Å². The minimum absolute atomic E-state index is 0.152. The average Bonchev–Trinajstić information content (AvgIpc) is 1.55. The van der Waals surface area contributed by atoms with Crippen molar-refractivity contribution in [2.45, 2.75) is 45.3 Å². The first-order chi connectivity index (χ1) is 67.9. The van der Waals surface area contributed by atoms with Crippen LogP contribution in [0.1, 0.15) is 43.6 Å². The van der Waals surface area contributed by atoms with Crippen LogP contribution in [0, 0.1) is 0 Å². The number of benzene rings is 16. The Kier molecular flexibility index (Phi) is 24.4. The second kappa shape index (κ2) is 38.2. The van der Waals surface area contributed by atoms with Crippen molar-refractivity contribution in [3.8, 4) is 85.2 Å². The summed E-state index contributed by atoms with van der Waals surface area (Å²) >= 11 is 6.85. The maximum atomic E-state index is 10.7. The van der Waals surface area contributed by atoms with E-state index in [1.807, 2.05) is 305 Å². The number of ether oxygens (including phenoxy) is 1. The van der Waals surface area contributed by atoms with Crippen molar-refractivity contribution in [3.05, 3.63) is 402 Å². The molecule has 10 heterocycles. The molecule has 0 spiro atoms. The number of anilines is 1. The number of halogens is 2. The molecular formula is C117H81BBr2N9O10. The number of fused-ring (bicyclic) bond motifs is 22. The lowest BCUT2D eigenvalue weighted by atomic mass is 9.86. The van der Waals surface area contributed by atoms with Gasteiger partial charge in [0, 0.05) is 113 Å². The third-order valence-electron chi connectivity index (χ3n) is 24.4. The molecule has 0 saturated carbocycles. The standard InChI is InChI=1S/C42H24N4O2.C27H14BrNO2.C21H23BN3O2.C12H9NO.C8H6O2.C7H5BrO/c1-3-12-25(13-4-1)40-44-41(26-14-5-2-6-15-26)46-42(45-40)28-17-11-16-27(24-28)36-35-31-19-8-10-21-34(31)47-38(35)32-23-22-30-29-18-7-9-20-33(29)48-39(30)37(32)43-36;28-16-7-5-6-15(14-16)24-23-19-9-2-4-11-22(19)30-26(23)20-13-12-18-17-8-1-3-10-21(17)31-27(18)25(20)29-24;1-20(2,26)21(3,4)27-22-19-24-17(15-11-7-5-8-12-15)23-18(25-19)16-13-9-6-10-14-16;13-10-6-3-5-9-8-4-1-2-7-11(8)14-12(9)10;9-8-5-6-3-1-2-4-7(6)10-8;8-7-3-1-2-6(4-7)5-9/h1-24H;1-14H;5-14,26H,1-4H3;1-7H,13H2;1-4H,5H2;1-5H. The number of para-hydroxylation sites is 7. The van der Waals surface area contributed by atoms with E-state index in [1.54, 1.807) is 32.0 Å². The second-order valence-electron chi connectivity index (χ2n) is 34.2. The number of hydrogen-bond acceptors (Lipinski definition) is 19. The van der Waals surface area contributed by atoms with E-state index in [-0.39, 0.29) is 5.97 Å². The van der Waals surface area contributed by atoms with Crippen LogP contribution in [0.2, 0.25) is 0 Å². The lowest BCUT2D eigenvalue weighted by Crippen LogP contribution is -2.49. The van der Waals surface area contributed by atoms with E-state index >= 15 is 0 Å². The first-order valence-electron chi connectivity index (χ1n) is 45.0. The number of aliphatic hydroxyl groups is 1. The molecule has 3 N–H and O–H groups in total. The van der Waals surface area contributed by atoms with Gasteiger partial charge in [0.2, 0.25) is 0 Å². The molecule has 0 unspecified atom stereocenters. The van der Waals surface area contributed by atoms with Gasteiger partial charge in [0.25, 0.3) is 0 Å². The summed E-state index contributed by atoms with van der Waals surface area (Å²) in [5.74, 6) is 3.51. The first-order valence-corrected chi connectivity index (χ1v) is 46.6. The lowest BCUT2D eigenvalue weighted by molar-refractivity contribution is -0.131. The first kappa shape index (κ1) is 88.8. The van der Waals surface area contributed by atoms with Crippen molar-refractivity contribution < 1.29 is 46.2 Å². The monoisotopic (exact) mass is 1940 g/mol. The third kappa shape index (κ3) is 18.1. The number of furan rings is 5. The lowest BCUT2D eigenvalue weighted by Gasteiger charge is -2.37. The van der Waals surface area contributed by atoms with Crippen LogP contribution >= 0.6 is 31.9 Å². The zero-order valence-electron chi connectivity index (χ0n) is 75.3. The highest BCUT2D eigenvalue weighted by molar-refractivity contribution is 9.10. The molecule has 19 nitrogen and oxygen atoms in total. The number of carbonyl (C=O) groups is 2. The van der Waals surface area contributed by atoms with Crippen molar-refractivity contribution in [1.29, 1.82) is 0 Å². The highest BCUT2D eigenvalue weighted by atomic mass is 79.9. The molecule has 1 aliphatic rings. The highest BCUT2D eigenvalue weighted by Gasteiger charge is 2.37. The summed E-state index contributed by atoms with van der Waals surface area (Å²) < 4.78 is 44.0.